The molecule has 144 valence electrons. The molecule has 0 bridgehead atoms. The minimum absolute atomic E-state index is 0.147. The number of ether oxygens (including phenoxy) is 2. The Bertz CT molecular complexity index is 990. The van der Waals surface area contributed by atoms with Gasteiger partial charge in [-0.2, -0.15) is 0 Å². The molecule has 1 amide bonds. The van der Waals surface area contributed by atoms with Crippen LogP contribution in [-0.2, 0) is 4.79 Å². The Morgan fingerprint density at radius 2 is 2.00 bits per heavy atom. The second-order valence-electron chi connectivity index (χ2n) is 5.71. The van der Waals surface area contributed by atoms with Gasteiger partial charge in [-0.3, -0.25) is 9.69 Å². The van der Waals surface area contributed by atoms with Crippen molar-refractivity contribution in [3.05, 3.63) is 64.3 Å². The van der Waals surface area contributed by atoms with Crippen LogP contribution in [0.1, 0.15) is 22.8 Å². The van der Waals surface area contributed by atoms with E-state index in [0.717, 1.165) is 0 Å². The second-order valence-corrected chi connectivity index (χ2v) is 7.38. The highest BCUT2D eigenvalue weighted by Gasteiger charge is 2.30. The summed E-state index contributed by atoms with van der Waals surface area (Å²) < 4.78 is 24.8. The SMILES string of the molecule is CCN1C(=O)C(=Cc2ccc(OC(=O)c3ccccc3F)c(OC)c2)SC1=S. The molecular formula is C20H16FNO4S2. The van der Waals surface area contributed by atoms with Gasteiger partial charge in [0, 0.05) is 6.54 Å². The zero-order valence-electron chi connectivity index (χ0n) is 15.1. The number of methoxy groups -OCH3 is 1. The quantitative estimate of drug-likeness (QED) is 0.313. The number of carbonyl (C=O) groups is 2. The van der Waals surface area contributed by atoms with Crippen molar-refractivity contribution in [2.24, 2.45) is 0 Å². The summed E-state index contributed by atoms with van der Waals surface area (Å²) in [5, 5.41) is 0. The standard InChI is InChI=1S/C20H16FNO4S2/c1-3-22-18(23)17(28-20(22)27)11-12-8-9-15(16(10-12)25-2)26-19(24)13-6-4-5-7-14(13)21/h4-11H,3H2,1-2H3. The van der Waals surface area contributed by atoms with E-state index in [0.29, 0.717) is 21.3 Å². The normalized spacial score (nSPS) is 15.2. The molecule has 1 aliphatic rings. The lowest BCUT2D eigenvalue weighted by Crippen LogP contribution is -2.27. The van der Waals surface area contributed by atoms with Crippen LogP contribution in [0.15, 0.2) is 47.4 Å². The number of halogens is 1. The Morgan fingerprint density at radius 3 is 2.64 bits per heavy atom. The summed E-state index contributed by atoms with van der Waals surface area (Å²) >= 11 is 6.43. The first-order valence-corrected chi connectivity index (χ1v) is 9.57. The van der Waals surface area contributed by atoms with E-state index < -0.39 is 11.8 Å². The number of amides is 1. The van der Waals surface area contributed by atoms with E-state index in [1.165, 1.54) is 48.0 Å². The minimum Gasteiger partial charge on any atom is -0.493 e. The number of likely N-dealkylation sites (N-methyl/N-ethyl adjacent to an activating group) is 1. The number of hydrogen-bond acceptors (Lipinski definition) is 6. The summed E-state index contributed by atoms with van der Waals surface area (Å²) in [4.78, 5) is 26.6. The summed E-state index contributed by atoms with van der Waals surface area (Å²) in [5.74, 6) is -1.21. The highest BCUT2D eigenvalue weighted by molar-refractivity contribution is 8.26. The Labute approximate surface area is 171 Å². The van der Waals surface area contributed by atoms with Crippen LogP contribution in [0.4, 0.5) is 4.39 Å². The Balaban J connectivity index is 1.84. The van der Waals surface area contributed by atoms with E-state index in [1.54, 1.807) is 24.3 Å². The van der Waals surface area contributed by atoms with E-state index in [9.17, 15) is 14.0 Å². The number of esters is 1. The van der Waals surface area contributed by atoms with Gasteiger partial charge in [0.05, 0.1) is 17.6 Å². The van der Waals surface area contributed by atoms with E-state index in [1.807, 2.05) is 6.92 Å². The lowest BCUT2D eigenvalue weighted by molar-refractivity contribution is -0.121. The molecule has 1 aliphatic heterocycles. The summed E-state index contributed by atoms with van der Waals surface area (Å²) in [5.41, 5.74) is 0.510. The van der Waals surface area contributed by atoms with Gasteiger partial charge < -0.3 is 9.47 Å². The van der Waals surface area contributed by atoms with Crippen molar-refractivity contribution in [3.8, 4) is 11.5 Å². The third kappa shape index (κ3) is 4.07. The number of carbonyl (C=O) groups excluding carboxylic acids is 2. The molecule has 0 N–H and O–H groups in total. The van der Waals surface area contributed by atoms with Crippen molar-refractivity contribution in [3.63, 3.8) is 0 Å². The van der Waals surface area contributed by atoms with Gasteiger partial charge in [-0.25, -0.2) is 9.18 Å². The second kappa shape index (κ2) is 8.53. The number of rotatable bonds is 5. The number of thioether (sulfide) groups is 1. The molecule has 2 aromatic carbocycles. The number of nitrogens with zero attached hydrogens (tertiary/aromatic N) is 1. The van der Waals surface area contributed by atoms with Gasteiger partial charge in [0.15, 0.2) is 11.5 Å². The zero-order chi connectivity index (χ0) is 20.3. The van der Waals surface area contributed by atoms with Crippen LogP contribution in [0.25, 0.3) is 6.08 Å². The van der Waals surface area contributed by atoms with Crippen LogP contribution < -0.4 is 9.47 Å². The number of thiocarbonyl (C=S) groups is 1. The van der Waals surface area contributed by atoms with Gasteiger partial charge in [0.1, 0.15) is 10.1 Å². The summed E-state index contributed by atoms with van der Waals surface area (Å²) in [7, 11) is 1.43. The van der Waals surface area contributed by atoms with Crippen molar-refractivity contribution >= 4 is 46.3 Å². The van der Waals surface area contributed by atoms with Crippen LogP contribution in [0.5, 0.6) is 11.5 Å². The molecule has 0 atom stereocenters. The molecule has 0 aliphatic carbocycles. The molecule has 1 heterocycles. The molecule has 0 radical (unpaired) electrons. The molecule has 0 aromatic heterocycles. The molecular weight excluding hydrogens is 401 g/mol. The van der Waals surface area contributed by atoms with E-state index in [4.69, 9.17) is 21.7 Å². The number of benzene rings is 2. The molecule has 2 aromatic rings. The van der Waals surface area contributed by atoms with Crippen LogP contribution in [-0.4, -0.2) is 34.8 Å². The average Bonchev–Trinajstić information content (AvgIpc) is 2.95. The summed E-state index contributed by atoms with van der Waals surface area (Å²) in [6.07, 6.45) is 1.69. The van der Waals surface area contributed by atoms with Gasteiger partial charge in [0.25, 0.3) is 5.91 Å². The van der Waals surface area contributed by atoms with Crippen molar-refractivity contribution in [2.75, 3.05) is 13.7 Å². The van der Waals surface area contributed by atoms with Crippen molar-refractivity contribution in [1.82, 2.24) is 4.90 Å². The van der Waals surface area contributed by atoms with Crippen molar-refractivity contribution < 1.29 is 23.5 Å². The number of hydrogen-bond donors (Lipinski definition) is 0. The molecule has 8 heteroatoms. The molecule has 1 fully saturated rings. The minimum atomic E-state index is -0.826. The van der Waals surface area contributed by atoms with E-state index in [-0.39, 0.29) is 23.0 Å². The van der Waals surface area contributed by atoms with Crippen LogP contribution in [0.3, 0.4) is 0 Å². The summed E-state index contributed by atoms with van der Waals surface area (Å²) in [6.45, 7) is 2.37. The Kier molecular flexibility index (Phi) is 6.11. The van der Waals surface area contributed by atoms with Crippen LogP contribution >= 0.6 is 24.0 Å². The molecule has 5 nitrogen and oxygen atoms in total. The fourth-order valence-corrected chi connectivity index (χ4v) is 3.95. The average molecular weight is 417 g/mol. The maximum absolute atomic E-state index is 13.8. The zero-order valence-corrected chi connectivity index (χ0v) is 16.7. The van der Waals surface area contributed by atoms with Crippen LogP contribution in [0, 0.1) is 5.82 Å². The van der Waals surface area contributed by atoms with Crippen molar-refractivity contribution in [2.45, 2.75) is 6.92 Å². The fraction of sp³-hybridized carbons (Fsp3) is 0.150. The lowest BCUT2D eigenvalue weighted by Gasteiger charge is -2.11. The third-order valence-electron chi connectivity index (χ3n) is 3.97. The molecule has 0 saturated carbocycles. The largest absolute Gasteiger partial charge is 0.493 e. The third-order valence-corrected chi connectivity index (χ3v) is 5.35. The van der Waals surface area contributed by atoms with Gasteiger partial charge >= 0.3 is 5.97 Å². The topological polar surface area (TPSA) is 55.8 Å². The maximum Gasteiger partial charge on any atom is 0.346 e. The summed E-state index contributed by atoms with van der Waals surface area (Å²) in [6, 6.07) is 10.4. The highest BCUT2D eigenvalue weighted by Crippen LogP contribution is 2.34. The van der Waals surface area contributed by atoms with E-state index >= 15 is 0 Å². The highest BCUT2D eigenvalue weighted by atomic mass is 32.2. The van der Waals surface area contributed by atoms with Gasteiger partial charge in [0.2, 0.25) is 0 Å². The predicted molar refractivity (Wildman–Crippen MR) is 110 cm³/mol. The monoisotopic (exact) mass is 417 g/mol. The molecule has 0 unspecified atom stereocenters. The first kappa shape index (κ1) is 20.0. The first-order valence-electron chi connectivity index (χ1n) is 8.34. The lowest BCUT2D eigenvalue weighted by atomic mass is 10.1. The molecule has 1 saturated heterocycles. The maximum atomic E-state index is 13.8. The van der Waals surface area contributed by atoms with Gasteiger partial charge in [-0.05, 0) is 42.8 Å². The molecule has 3 rings (SSSR count). The Morgan fingerprint density at radius 1 is 1.25 bits per heavy atom. The molecule has 28 heavy (non-hydrogen) atoms. The molecule has 0 spiro atoms. The first-order chi connectivity index (χ1) is 13.4. The fourth-order valence-electron chi connectivity index (χ4n) is 2.56. The van der Waals surface area contributed by atoms with Crippen LogP contribution in [0.2, 0.25) is 0 Å². The smallest absolute Gasteiger partial charge is 0.346 e. The van der Waals surface area contributed by atoms with Gasteiger partial charge in [-0.15, -0.1) is 0 Å². The van der Waals surface area contributed by atoms with Gasteiger partial charge in [-0.1, -0.05) is 42.2 Å². The predicted octanol–water partition coefficient (Wildman–Crippen LogP) is 4.27. The van der Waals surface area contributed by atoms with E-state index in [2.05, 4.69) is 0 Å². The Hall–Kier alpha value is -2.71. The van der Waals surface area contributed by atoms with Crippen molar-refractivity contribution in [1.29, 1.82) is 0 Å².